The molecule has 0 rings (SSSR count). The van der Waals surface area contributed by atoms with Crippen LogP contribution >= 0.6 is 7.82 Å². The fourth-order valence-electron chi connectivity index (χ4n) is 0. The summed E-state index contributed by atoms with van der Waals surface area (Å²) in [5, 5.41) is 0. The van der Waals surface area contributed by atoms with Crippen LogP contribution in [0.25, 0.3) is 0 Å². The standard InChI is InChI=1S/Co.Mg.H3O4P.Ti.V.2H/c;;1-5(2,3)4;;;;/h;;(H3,1,2,3,4);;;;. The van der Waals surface area contributed by atoms with Gasteiger partial charge in [-0.2, -0.15) is 0 Å². The van der Waals surface area contributed by atoms with Gasteiger partial charge in [0.25, 0.3) is 0 Å². The molecule has 9 heavy (non-hydrogen) atoms. The van der Waals surface area contributed by atoms with E-state index in [4.69, 9.17) is 19.2 Å². The molecular weight excluding hydrogens is 277 g/mol. The van der Waals surface area contributed by atoms with Crippen molar-refractivity contribution < 1.29 is 76.3 Å². The van der Waals surface area contributed by atoms with Crippen molar-refractivity contribution in [2.45, 2.75) is 0 Å². The fraction of sp³-hybridized carbons (Fsp3) is 0. The quantitative estimate of drug-likeness (QED) is 0.360. The summed E-state index contributed by atoms with van der Waals surface area (Å²) in [5.74, 6) is 0. The monoisotopic (exact) mass is 282 g/mol. The Morgan fingerprint density at radius 1 is 1.11 bits per heavy atom. The first-order valence-electron chi connectivity index (χ1n) is 0.783. The van der Waals surface area contributed by atoms with Gasteiger partial charge in [0.2, 0.25) is 0 Å². The second-order valence-corrected chi connectivity index (χ2v) is 1.54. The minimum absolute atomic E-state index is 0. The van der Waals surface area contributed by atoms with Crippen LogP contribution in [0, 0.1) is 0 Å². The predicted molar refractivity (Wildman–Crippen MR) is 22.8 cm³/mol. The molecule has 0 aliphatic carbocycles. The second kappa shape index (κ2) is 13.3. The minimum Gasteiger partial charge on any atom is -0.303 e. The average Bonchev–Trinajstić information content (AvgIpc) is 0.722. The summed E-state index contributed by atoms with van der Waals surface area (Å²) in [6.07, 6.45) is 0. The van der Waals surface area contributed by atoms with E-state index >= 15 is 0 Å². The molecule has 0 bridgehead atoms. The van der Waals surface area contributed by atoms with Crippen LogP contribution in [0.4, 0.5) is 0 Å². The molecule has 0 heterocycles. The summed E-state index contributed by atoms with van der Waals surface area (Å²) < 4.78 is 8.88. The maximum absolute atomic E-state index is 8.88. The van der Waals surface area contributed by atoms with Gasteiger partial charge in [-0.1, -0.05) is 0 Å². The molecule has 0 spiro atoms. The average molecular weight is 282 g/mol. The molecule has 54 valence electrons. The SMILES string of the molecule is O=P(O)(O)O.[Co].[MgH2].[Ti].[V]. The Kier molecular flexibility index (Phi) is 44.1. The Bertz CT molecular complexity index is 66.7. The van der Waals surface area contributed by atoms with Crippen LogP contribution in [0.5, 0.6) is 0 Å². The van der Waals surface area contributed by atoms with Crippen LogP contribution < -0.4 is 0 Å². The number of rotatable bonds is 0. The van der Waals surface area contributed by atoms with Crippen molar-refractivity contribution in [3.05, 3.63) is 0 Å². The third-order valence-electron chi connectivity index (χ3n) is 0. The Hall–Kier alpha value is 2.68. The van der Waals surface area contributed by atoms with Crippen molar-refractivity contribution in [1.82, 2.24) is 0 Å². The van der Waals surface area contributed by atoms with Gasteiger partial charge in [0.15, 0.2) is 0 Å². The summed E-state index contributed by atoms with van der Waals surface area (Å²) in [6, 6.07) is 0. The Morgan fingerprint density at radius 3 is 1.11 bits per heavy atom. The largest absolute Gasteiger partial charge is 0.466 e. The first-order chi connectivity index (χ1) is 2.00. The molecule has 0 aliphatic rings. The van der Waals surface area contributed by atoms with E-state index in [1.807, 2.05) is 0 Å². The smallest absolute Gasteiger partial charge is 0.303 e. The first kappa shape index (κ1) is 29.9. The van der Waals surface area contributed by atoms with Crippen LogP contribution in [0.2, 0.25) is 0 Å². The molecule has 0 aromatic carbocycles. The van der Waals surface area contributed by atoms with E-state index in [0.29, 0.717) is 0 Å². The molecule has 0 unspecified atom stereocenters. The van der Waals surface area contributed by atoms with Crippen molar-refractivity contribution in [3.8, 4) is 0 Å². The predicted octanol–water partition coefficient (Wildman–Crippen LogP) is -1.85. The molecule has 0 aliphatic heterocycles. The molecule has 0 atom stereocenters. The molecule has 2 radical (unpaired) electrons. The van der Waals surface area contributed by atoms with E-state index < -0.39 is 7.82 Å². The van der Waals surface area contributed by atoms with Gasteiger partial charge in [0, 0.05) is 57.1 Å². The third-order valence-corrected chi connectivity index (χ3v) is 0. The maximum atomic E-state index is 8.88. The molecule has 0 fully saturated rings. The molecule has 0 saturated carbocycles. The summed E-state index contributed by atoms with van der Waals surface area (Å²) >= 11 is 0. The number of hydrogen-bond donors (Lipinski definition) is 3. The zero-order valence-corrected chi connectivity index (χ0v) is 8.37. The molecule has 4 nitrogen and oxygen atoms in total. The minimum atomic E-state index is -4.64. The molecule has 0 aromatic rings. The van der Waals surface area contributed by atoms with E-state index in [2.05, 4.69) is 0 Å². The Morgan fingerprint density at radius 2 is 1.11 bits per heavy atom. The molecule has 0 saturated heterocycles. The summed E-state index contributed by atoms with van der Waals surface area (Å²) in [7, 11) is -4.64. The van der Waals surface area contributed by atoms with Crippen molar-refractivity contribution in [3.63, 3.8) is 0 Å². The van der Waals surface area contributed by atoms with E-state index in [-0.39, 0.29) is 80.1 Å². The molecule has 0 aromatic heterocycles. The van der Waals surface area contributed by atoms with Gasteiger partial charge in [0.1, 0.15) is 0 Å². The Labute approximate surface area is 106 Å². The maximum Gasteiger partial charge on any atom is 0.466 e. The summed E-state index contributed by atoms with van der Waals surface area (Å²) in [4.78, 5) is 21.6. The van der Waals surface area contributed by atoms with Crippen LogP contribution in [0.1, 0.15) is 0 Å². The second-order valence-electron chi connectivity index (χ2n) is 0.513. The van der Waals surface area contributed by atoms with Gasteiger partial charge in [-0.25, -0.2) is 4.57 Å². The van der Waals surface area contributed by atoms with E-state index in [9.17, 15) is 0 Å². The van der Waals surface area contributed by atoms with Crippen molar-refractivity contribution >= 4 is 30.9 Å². The molecular formula is H5CoMgO4PTiV. The molecule has 0 amide bonds. The normalized spacial score (nSPS) is 6.56. The fourth-order valence-corrected chi connectivity index (χ4v) is 0. The molecule has 9 heteroatoms. The summed E-state index contributed by atoms with van der Waals surface area (Å²) in [6.45, 7) is 0. The van der Waals surface area contributed by atoms with Crippen LogP contribution in [0.3, 0.4) is 0 Å². The van der Waals surface area contributed by atoms with Crippen LogP contribution in [-0.2, 0) is 61.6 Å². The van der Waals surface area contributed by atoms with Crippen LogP contribution in [0.15, 0.2) is 0 Å². The van der Waals surface area contributed by atoms with Gasteiger partial charge in [-0.3, -0.25) is 0 Å². The van der Waals surface area contributed by atoms with Crippen molar-refractivity contribution in [2.24, 2.45) is 0 Å². The van der Waals surface area contributed by atoms with Crippen LogP contribution in [-0.4, -0.2) is 37.7 Å². The third kappa shape index (κ3) is 112. The van der Waals surface area contributed by atoms with E-state index in [1.165, 1.54) is 0 Å². The van der Waals surface area contributed by atoms with Gasteiger partial charge in [0.05, 0.1) is 0 Å². The van der Waals surface area contributed by atoms with E-state index in [1.54, 1.807) is 0 Å². The molecule has 3 N–H and O–H groups in total. The zero-order valence-electron chi connectivity index (χ0n) is 3.48. The van der Waals surface area contributed by atoms with E-state index in [0.717, 1.165) is 0 Å². The van der Waals surface area contributed by atoms with Gasteiger partial charge >= 0.3 is 30.9 Å². The number of phosphoric acid groups is 1. The number of hydrogen-bond acceptors (Lipinski definition) is 1. The van der Waals surface area contributed by atoms with Crippen molar-refractivity contribution in [2.75, 3.05) is 0 Å². The van der Waals surface area contributed by atoms with Gasteiger partial charge in [-0.15, -0.1) is 0 Å². The van der Waals surface area contributed by atoms with Gasteiger partial charge < -0.3 is 14.7 Å². The van der Waals surface area contributed by atoms with Crippen molar-refractivity contribution in [1.29, 1.82) is 0 Å². The Balaban J connectivity index is -0.0000000133. The zero-order chi connectivity index (χ0) is 4.50. The topological polar surface area (TPSA) is 77.8 Å². The summed E-state index contributed by atoms with van der Waals surface area (Å²) in [5.41, 5.74) is 0. The van der Waals surface area contributed by atoms with Gasteiger partial charge in [-0.05, 0) is 0 Å². The first-order valence-corrected chi connectivity index (χ1v) is 2.35.